The van der Waals surface area contributed by atoms with E-state index in [9.17, 15) is 4.79 Å². The van der Waals surface area contributed by atoms with Crippen molar-refractivity contribution < 1.29 is 9.53 Å². The maximum atomic E-state index is 11.5. The third kappa shape index (κ3) is 2.71. The van der Waals surface area contributed by atoms with Crippen molar-refractivity contribution in [3.8, 4) is 0 Å². The van der Waals surface area contributed by atoms with Gasteiger partial charge in [-0.25, -0.2) is 0 Å². The number of ether oxygens (including phenoxy) is 1. The summed E-state index contributed by atoms with van der Waals surface area (Å²) in [5.41, 5.74) is -0.236. The van der Waals surface area contributed by atoms with Crippen molar-refractivity contribution in [3.63, 3.8) is 0 Å². The van der Waals surface area contributed by atoms with Crippen LogP contribution in [0.15, 0.2) is 0 Å². The summed E-state index contributed by atoms with van der Waals surface area (Å²) in [7, 11) is 2.27. The van der Waals surface area contributed by atoms with E-state index in [1.54, 1.807) is 0 Å². The predicted molar refractivity (Wildman–Crippen MR) is 74.2 cm³/mol. The summed E-state index contributed by atoms with van der Waals surface area (Å²) in [6.07, 6.45) is 7.12. The molecular weight excluding hydrogens is 240 g/mol. The molecule has 3 unspecified atom stereocenters. The summed E-state index contributed by atoms with van der Waals surface area (Å²) in [4.78, 5) is 16.6. The summed E-state index contributed by atoms with van der Waals surface area (Å²) >= 11 is 0. The number of rotatable bonds is 3. The highest BCUT2D eigenvalue weighted by Gasteiger charge is 2.39. The molecule has 3 aliphatic rings. The first-order valence-electron chi connectivity index (χ1n) is 7.71. The molecular formula is C15H26N2O2. The van der Waals surface area contributed by atoms with Crippen molar-refractivity contribution in [2.24, 2.45) is 5.41 Å². The smallest absolute Gasteiger partial charge is 0.129 e. The Balaban J connectivity index is 1.64. The quantitative estimate of drug-likeness (QED) is 0.718. The van der Waals surface area contributed by atoms with Crippen molar-refractivity contribution >= 4 is 6.29 Å². The highest BCUT2D eigenvalue weighted by Crippen LogP contribution is 2.32. The Labute approximate surface area is 116 Å². The first-order chi connectivity index (χ1) is 9.22. The van der Waals surface area contributed by atoms with E-state index in [0.717, 1.165) is 45.1 Å². The van der Waals surface area contributed by atoms with Crippen molar-refractivity contribution in [2.75, 3.05) is 39.9 Å². The molecule has 0 aromatic carbocycles. The van der Waals surface area contributed by atoms with Gasteiger partial charge in [-0.15, -0.1) is 0 Å². The summed E-state index contributed by atoms with van der Waals surface area (Å²) < 4.78 is 5.56. The highest BCUT2D eigenvalue weighted by molar-refractivity contribution is 5.60. The molecule has 0 aliphatic carbocycles. The lowest BCUT2D eigenvalue weighted by Gasteiger charge is -2.37. The Kier molecular flexibility index (Phi) is 3.92. The van der Waals surface area contributed by atoms with Crippen LogP contribution >= 0.6 is 0 Å². The number of likely N-dealkylation sites (tertiary alicyclic amines) is 1. The molecule has 3 heterocycles. The van der Waals surface area contributed by atoms with Crippen molar-refractivity contribution in [2.45, 2.75) is 44.2 Å². The normalized spacial score (nSPS) is 41.1. The van der Waals surface area contributed by atoms with Gasteiger partial charge in [-0.3, -0.25) is 4.90 Å². The van der Waals surface area contributed by atoms with Gasteiger partial charge in [0, 0.05) is 31.8 Å². The lowest BCUT2D eigenvalue weighted by molar-refractivity contribution is -0.125. The number of nitrogens with zero attached hydrogens (tertiary/aromatic N) is 2. The summed E-state index contributed by atoms with van der Waals surface area (Å²) in [6.45, 7) is 4.61. The minimum Gasteiger partial charge on any atom is -0.380 e. The lowest BCUT2D eigenvalue weighted by Crippen LogP contribution is -2.47. The molecule has 4 heteroatoms. The molecule has 3 rings (SSSR count). The average molecular weight is 266 g/mol. The molecule has 3 aliphatic heterocycles. The second-order valence-electron chi connectivity index (χ2n) is 6.71. The zero-order valence-electron chi connectivity index (χ0n) is 12.0. The number of fused-ring (bicyclic) bond motifs is 2. The molecule has 0 radical (unpaired) electrons. The van der Waals surface area contributed by atoms with Crippen LogP contribution in [0.5, 0.6) is 0 Å². The Hall–Kier alpha value is -0.450. The number of carbonyl (C=O) groups is 1. The molecule has 0 aromatic rings. The van der Waals surface area contributed by atoms with Gasteiger partial charge in [-0.1, -0.05) is 0 Å². The second kappa shape index (κ2) is 5.51. The van der Waals surface area contributed by atoms with E-state index < -0.39 is 0 Å². The van der Waals surface area contributed by atoms with Gasteiger partial charge >= 0.3 is 0 Å². The molecule has 0 saturated carbocycles. The Morgan fingerprint density at radius 2 is 2.16 bits per heavy atom. The summed E-state index contributed by atoms with van der Waals surface area (Å²) in [5, 5.41) is 0. The van der Waals surface area contributed by atoms with Crippen LogP contribution in [0.1, 0.15) is 32.1 Å². The SMILES string of the molecule is CN1C2CCC1CN(CC1(C=O)CCCOC1)CC2. The first kappa shape index (κ1) is 13.5. The number of aldehydes is 1. The fraction of sp³-hybridized carbons (Fsp3) is 0.933. The Bertz CT molecular complexity index is 328. The highest BCUT2D eigenvalue weighted by atomic mass is 16.5. The van der Waals surface area contributed by atoms with Crippen LogP contribution in [0.3, 0.4) is 0 Å². The minimum atomic E-state index is -0.236. The third-order valence-corrected chi connectivity index (χ3v) is 5.37. The van der Waals surface area contributed by atoms with Gasteiger partial charge in [0.05, 0.1) is 12.0 Å². The van der Waals surface area contributed by atoms with E-state index in [-0.39, 0.29) is 5.41 Å². The van der Waals surface area contributed by atoms with Crippen LogP contribution in [0.2, 0.25) is 0 Å². The summed E-state index contributed by atoms with van der Waals surface area (Å²) in [6, 6.07) is 1.46. The molecule has 0 N–H and O–H groups in total. The Morgan fingerprint density at radius 3 is 2.89 bits per heavy atom. The van der Waals surface area contributed by atoms with E-state index in [4.69, 9.17) is 4.74 Å². The molecule has 3 atom stereocenters. The fourth-order valence-corrected chi connectivity index (χ4v) is 4.10. The minimum absolute atomic E-state index is 0.236. The molecule has 3 fully saturated rings. The molecule has 0 amide bonds. The van der Waals surface area contributed by atoms with Crippen LogP contribution in [0, 0.1) is 5.41 Å². The van der Waals surface area contributed by atoms with Gasteiger partial charge in [0.15, 0.2) is 0 Å². The zero-order chi connectivity index (χ0) is 13.3. The molecule has 0 spiro atoms. The molecule has 3 saturated heterocycles. The van der Waals surface area contributed by atoms with Gasteiger partial charge in [0.2, 0.25) is 0 Å². The van der Waals surface area contributed by atoms with Crippen LogP contribution < -0.4 is 0 Å². The van der Waals surface area contributed by atoms with Crippen molar-refractivity contribution in [1.82, 2.24) is 9.80 Å². The van der Waals surface area contributed by atoms with Crippen LogP contribution in [0.25, 0.3) is 0 Å². The molecule has 108 valence electrons. The van der Waals surface area contributed by atoms with Gasteiger partial charge in [0.25, 0.3) is 0 Å². The molecule has 19 heavy (non-hydrogen) atoms. The summed E-state index contributed by atoms with van der Waals surface area (Å²) in [5.74, 6) is 0. The number of likely N-dealkylation sites (N-methyl/N-ethyl adjacent to an activating group) is 1. The molecule has 2 bridgehead atoms. The third-order valence-electron chi connectivity index (χ3n) is 5.37. The number of carbonyl (C=O) groups excluding carboxylic acids is 1. The first-order valence-corrected chi connectivity index (χ1v) is 7.71. The monoisotopic (exact) mass is 266 g/mol. The van der Waals surface area contributed by atoms with Gasteiger partial charge in [0.1, 0.15) is 6.29 Å². The molecule has 0 aromatic heterocycles. The predicted octanol–water partition coefficient (Wildman–Crippen LogP) is 1.15. The number of hydrogen-bond donors (Lipinski definition) is 0. The topological polar surface area (TPSA) is 32.8 Å². The van der Waals surface area contributed by atoms with Crippen LogP contribution in [0.4, 0.5) is 0 Å². The second-order valence-corrected chi connectivity index (χ2v) is 6.71. The zero-order valence-corrected chi connectivity index (χ0v) is 12.0. The van der Waals surface area contributed by atoms with E-state index >= 15 is 0 Å². The van der Waals surface area contributed by atoms with Gasteiger partial charge in [-0.05, 0) is 45.7 Å². The Morgan fingerprint density at radius 1 is 1.32 bits per heavy atom. The molecule has 4 nitrogen and oxygen atoms in total. The van der Waals surface area contributed by atoms with Crippen molar-refractivity contribution in [3.05, 3.63) is 0 Å². The maximum Gasteiger partial charge on any atom is 0.129 e. The van der Waals surface area contributed by atoms with E-state index in [1.807, 2.05) is 0 Å². The van der Waals surface area contributed by atoms with Gasteiger partial charge < -0.3 is 14.4 Å². The van der Waals surface area contributed by atoms with Crippen LogP contribution in [-0.2, 0) is 9.53 Å². The fourth-order valence-electron chi connectivity index (χ4n) is 4.10. The van der Waals surface area contributed by atoms with E-state index in [2.05, 4.69) is 16.8 Å². The number of hydrogen-bond acceptors (Lipinski definition) is 4. The average Bonchev–Trinajstić information content (AvgIpc) is 2.68. The standard InChI is InChI=1S/C15H26N2O2/c1-16-13-3-4-14(16)9-17(7-5-13)10-15(11-18)6-2-8-19-12-15/h11,13-14H,2-10,12H2,1H3. The van der Waals surface area contributed by atoms with E-state index in [0.29, 0.717) is 12.6 Å². The lowest BCUT2D eigenvalue weighted by atomic mass is 9.83. The van der Waals surface area contributed by atoms with E-state index in [1.165, 1.54) is 25.5 Å². The maximum absolute atomic E-state index is 11.5. The largest absolute Gasteiger partial charge is 0.380 e. The van der Waals surface area contributed by atoms with Gasteiger partial charge in [-0.2, -0.15) is 0 Å². The van der Waals surface area contributed by atoms with Crippen molar-refractivity contribution in [1.29, 1.82) is 0 Å². The van der Waals surface area contributed by atoms with Crippen LogP contribution in [-0.4, -0.2) is 68.1 Å².